The summed E-state index contributed by atoms with van der Waals surface area (Å²) in [6, 6.07) is 1.89. The molecule has 2 aromatic rings. The van der Waals surface area contributed by atoms with Crippen molar-refractivity contribution in [1.82, 2.24) is 19.9 Å². The highest BCUT2D eigenvalue weighted by Crippen LogP contribution is 2.37. The highest BCUT2D eigenvalue weighted by Gasteiger charge is 2.27. The van der Waals surface area contributed by atoms with Gasteiger partial charge in [-0.05, 0) is 25.8 Å². The Hall–Kier alpha value is -2.04. The van der Waals surface area contributed by atoms with Crippen LogP contribution in [0.3, 0.4) is 0 Å². The average molecular weight is 270 g/mol. The van der Waals surface area contributed by atoms with Crippen molar-refractivity contribution in [3.63, 3.8) is 0 Å². The van der Waals surface area contributed by atoms with Gasteiger partial charge in [-0.3, -0.25) is 4.79 Å². The second kappa shape index (κ2) is 4.81. The Labute approximate surface area is 118 Å². The van der Waals surface area contributed by atoms with Crippen LogP contribution < -0.4 is 0 Å². The van der Waals surface area contributed by atoms with E-state index in [1.54, 1.807) is 25.2 Å². The number of aromatic nitrogens is 3. The third-order valence-electron chi connectivity index (χ3n) is 3.85. The number of aryl methyl sites for hydroxylation is 1. The van der Waals surface area contributed by atoms with Crippen molar-refractivity contribution in [2.45, 2.75) is 32.1 Å². The van der Waals surface area contributed by atoms with E-state index in [4.69, 9.17) is 0 Å². The van der Waals surface area contributed by atoms with Crippen LogP contribution >= 0.6 is 0 Å². The second-order valence-electron chi connectivity index (χ2n) is 5.58. The highest BCUT2D eigenvalue weighted by molar-refractivity contribution is 5.98. The first-order chi connectivity index (χ1) is 9.56. The molecule has 2 aromatic heterocycles. The normalized spacial score (nSPS) is 15.2. The van der Waals surface area contributed by atoms with Crippen molar-refractivity contribution in [2.24, 2.45) is 0 Å². The first-order valence-electron chi connectivity index (χ1n) is 6.92. The molecule has 0 bridgehead atoms. The summed E-state index contributed by atoms with van der Waals surface area (Å²) in [5.41, 5.74) is 2.29. The zero-order chi connectivity index (χ0) is 14.3. The van der Waals surface area contributed by atoms with Gasteiger partial charge in [0.05, 0.1) is 11.3 Å². The molecule has 1 aliphatic carbocycles. The molecule has 0 aromatic carbocycles. The number of fused-ring (bicyclic) bond motifs is 1. The fourth-order valence-corrected chi connectivity index (χ4v) is 2.47. The number of hydrogen-bond acceptors (Lipinski definition) is 4. The Kier molecular flexibility index (Phi) is 3.12. The lowest BCUT2D eigenvalue weighted by Crippen LogP contribution is -2.25. The lowest BCUT2D eigenvalue weighted by Gasteiger charge is -2.27. The van der Waals surface area contributed by atoms with Gasteiger partial charge in [0, 0.05) is 31.6 Å². The molecule has 0 N–H and O–H groups in total. The summed E-state index contributed by atoms with van der Waals surface area (Å²) < 4.78 is 0. The number of rotatable bonds is 2. The molecular weight excluding hydrogens is 252 g/mol. The largest absolute Gasteiger partial charge is 0.345 e. The molecule has 1 saturated carbocycles. The predicted molar refractivity (Wildman–Crippen MR) is 76.7 cm³/mol. The first-order valence-corrected chi connectivity index (χ1v) is 6.92. The molecule has 1 amide bonds. The summed E-state index contributed by atoms with van der Waals surface area (Å²) in [4.78, 5) is 27.2. The Morgan fingerprint density at radius 1 is 1.30 bits per heavy atom. The highest BCUT2D eigenvalue weighted by atomic mass is 16.2. The van der Waals surface area contributed by atoms with Crippen molar-refractivity contribution in [3.05, 3.63) is 29.3 Å². The van der Waals surface area contributed by atoms with Gasteiger partial charge >= 0.3 is 0 Å². The fourth-order valence-electron chi connectivity index (χ4n) is 2.47. The quantitative estimate of drug-likeness (QED) is 0.840. The van der Waals surface area contributed by atoms with Crippen LogP contribution in [0, 0.1) is 6.92 Å². The van der Waals surface area contributed by atoms with E-state index in [2.05, 4.69) is 15.0 Å². The minimum atomic E-state index is 0.00174. The van der Waals surface area contributed by atoms with Crippen molar-refractivity contribution in [1.29, 1.82) is 0 Å². The standard InChI is InChI=1S/C15H18N4O/c1-9-16-8-11-7-12(15(20)19(2)3)13(10-5-4-6-10)18-14(11)17-9/h7-8,10H,4-6H2,1-3H3. The van der Waals surface area contributed by atoms with E-state index in [0.29, 0.717) is 23.0 Å². The van der Waals surface area contributed by atoms with Crippen LogP contribution in [0.25, 0.3) is 11.0 Å². The molecule has 1 aliphatic rings. The lowest BCUT2D eigenvalue weighted by atomic mass is 9.80. The molecule has 0 spiro atoms. The van der Waals surface area contributed by atoms with Gasteiger partial charge < -0.3 is 4.90 Å². The lowest BCUT2D eigenvalue weighted by molar-refractivity contribution is 0.0825. The average Bonchev–Trinajstić information content (AvgIpc) is 2.35. The van der Waals surface area contributed by atoms with Crippen LogP contribution in [0.15, 0.2) is 12.3 Å². The zero-order valence-corrected chi connectivity index (χ0v) is 12.1. The molecule has 0 saturated heterocycles. The summed E-state index contributed by atoms with van der Waals surface area (Å²) in [6.07, 6.45) is 5.16. The first kappa shape index (κ1) is 13.0. The van der Waals surface area contributed by atoms with E-state index in [-0.39, 0.29) is 5.91 Å². The van der Waals surface area contributed by atoms with Crippen LogP contribution in [0.4, 0.5) is 0 Å². The Morgan fingerprint density at radius 3 is 2.65 bits per heavy atom. The molecule has 5 heteroatoms. The number of hydrogen-bond donors (Lipinski definition) is 0. The molecule has 0 atom stereocenters. The minimum absolute atomic E-state index is 0.00174. The van der Waals surface area contributed by atoms with Gasteiger partial charge in [0.25, 0.3) is 5.91 Å². The Morgan fingerprint density at radius 2 is 2.05 bits per heavy atom. The van der Waals surface area contributed by atoms with Crippen LogP contribution in [0.2, 0.25) is 0 Å². The summed E-state index contributed by atoms with van der Waals surface area (Å²) in [6.45, 7) is 1.85. The molecule has 0 radical (unpaired) electrons. The van der Waals surface area contributed by atoms with Gasteiger partial charge in [-0.25, -0.2) is 15.0 Å². The van der Waals surface area contributed by atoms with Crippen LogP contribution in [-0.4, -0.2) is 39.9 Å². The molecule has 1 fully saturated rings. The maximum atomic E-state index is 12.4. The minimum Gasteiger partial charge on any atom is -0.345 e. The van der Waals surface area contributed by atoms with Crippen molar-refractivity contribution >= 4 is 16.9 Å². The zero-order valence-electron chi connectivity index (χ0n) is 12.1. The van der Waals surface area contributed by atoms with E-state index in [1.165, 1.54) is 6.42 Å². The van der Waals surface area contributed by atoms with Gasteiger partial charge in [-0.2, -0.15) is 0 Å². The number of nitrogens with zero attached hydrogens (tertiary/aromatic N) is 4. The summed E-state index contributed by atoms with van der Waals surface area (Å²) in [7, 11) is 3.53. The number of carbonyl (C=O) groups is 1. The molecule has 5 nitrogen and oxygen atoms in total. The summed E-state index contributed by atoms with van der Waals surface area (Å²) >= 11 is 0. The molecule has 0 aliphatic heterocycles. The predicted octanol–water partition coefficient (Wildman–Crippen LogP) is 2.30. The van der Waals surface area contributed by atoms with Crippen LogP contribution in [0.5, 0.6) is 0 Å². The molecule has 2 heterocycles. The van der Waals surface area contributed by atoms with Gasteiger partial charge in [0.15, 0.2) is 5.65 Å². The maximum absolute atomic E-state index is 12.4. The van der Waals surface area contributed by atoms with E-state index < -0.39 is 0 Å². The van der Waals surface area contributed by atoms with E-state index >= 15 is 0 Å². The maximum Gasteiger partial charge on any atom is 0.255 e. The van der Waals surface area contributed by atoms with Crippen molar-refractivity contribution < 1.29 is 4.79 Å². The third-order valence-corrected chi connectivity index (χ3v) is 3.85. The van der Waals surface area contributed by atoms with E-state index in [1.807, 2.05) is 13.0 Å². The fraction of sp³-hybridized carbons (Fsp3) is 0.467. The number of pyridine rings is 1. The second-order valence-corrected chi connectivity index (χ2v) is 5.58. The number of carbonyl (C=O) groups excluding carboxylic acids is 1. The van der Waals surface area contributed by atoms with E-state index in [9.17, 15) is 4.79 Å². The molecule has 3 rings (SSSR count). The van der Waals surface area contributed by atoms with Crippen LogP contribution in [0.1, 0.15) is 47.1 Å². The summed E-state index contributed by atoms with van der Waals surface area (Å²) in [5, 5.41) is 0.823. The number of amides is 1. The van der Waals surface area contributed by atoms with E-state index in [0.717, 1.165) is 23.9 Å². The van der Waals surface area contributed by atoms with Crippen LogP contribution in [-0.2, 0) is 0 Å². The van der Waals surface area contributed by atoms with Gasteiger partial charge in [-0.15, -0.1) is 0 Å². The Bertz CT molecular complexity index is 677. The topological polar surface area (TPSA) is 59.0 Å². The van der Waals surface area contributed by atoms with Gasteiger partial charge in [0.1, 0.15) is 5.82 Å². The molecule has 20 heavy (non-hydrogen) atoms. The molecular formula is C15H18N4O. The van der Waals surface area contributed by atoms with Gasteiger partial charge in [-0.1, -0.05) is 6.42 Å². The smallest absolute Gasteiger partial charge is 0.255 e. The van der Waals surface area contributed by atoms with Gasteiger partial charge in [0.2, 0.25) is 0 Å². The SMILES string of the molecule is Cc1ncc2cc(C(=O)N(C)C)c(C3CCC3)nc2n1. The van der Waals surface area contributed by atoms with Crippen molar-refractivity contribution in [3.8, 4) is 0 Å². The molecule has 104 valence electrons. The van der Waals surface area contributed by atoms with Crippen molar-refractivity contribution in [2.75, 3.05) is 14.1 Å². The molecule has 0 unspecified atom stereocenters. The third kappa shape index (κ3) is 2.13. The monoisotopic (exact) mass is 270 g/mol. The summed E-state index contributed by atoms with van der Waals surface area (Å²) in [5.74, 6) is 1.10. The Balaban J connectivity index is 2.19.